The summed E-state index contributed by atoms with van der Waals surface area (Å²) in [5.74, 6) is 5.59. The van der Waals surface area contributed by atoms with E-state index in [0.717, 1.165) is 18.7 Å². The van der Waals surface area contributed by atoms with Crippen molar-refractivity contribution in [2.45, 2.75) is 31.8 Å². The zero-order valence-corrected chi connectivity index (χ0v) is 11.0. The minimum atomic E-state index is -0.111. The van der Waals surface area contributed by atoms with E-state index in [-0.39, 0.29) is 6.61 Å². The van der Waals surface area contributed by atoms with Crippen LogP contribution in [0.1, 0.15) is 30.4 Å². The lowest BCUT2D eigenvalue weighted by atomic mass is 10.1. The van der Waals surface area contributed by atoms with Gasteiger partial charge in [0.25, 0.3) is 0 Å². The third-order valence-electron chi connectivity index (χ3n) is 3.20. The van der Waals surface area contributed by atoms with E-state index in [0.29, 0.717) is 12.5 Å². The van der Waals surface area contributed by atoms with Crippen LogP contribution in [0, 0.1) is 23.2 Å². The van der Waals surface area contributed by atoms with E-state index in [1.54, 1.807) is 0 Å². The van der Waals surface area contributed by atoms with Crippen molar-refractivity contribution in [2.24, 2.45) is 0 Å². The van der Waals surface area contributed by atoms with Crippen LogP contribution >= 0.6 is 0 Å². The highest BCUT2D eigenvalue weighted by Crippen LogP contribution is 2.28. The Morgan fingerprint density at radius 2 is 2.21 bits per heavy atom. The molecule has 1 fully saturated rings. The van der Waals surface area contributed by atoms with Gasteiger partial charge in [-0.2, -0.15) is 5.26 Å². The van der Waals surface area contributed by atoms with Crippen LogP contribution in [0.4, 0.5) is 0 Å². The standard InChI is InChI=1S/C16H18N2O/c17-9-3-10-18(16-7-8-16)13-15-5-1-4-14(12-15)6-2-11-19/h1,4-5,12,16,19H,3,7-8,10-11,13H2. The molecule has 1 aliphatic carbocycles. The zero-order chi connectivity index (χ0) is 13.5. The van der Waals surface area contributed by atoms with Crippen LogP contribution in [0.25, 0.3) is 0 Å². The van der Waals surface area contributed by atoms with Gasteiger partial charge in [0.1, 0.15) is 6.61 Å². The van der Waals surface area contributed by atoms with Crippen molar-refractivity contribution in [3.05, 3.63) is 35.4 Å². The van der Waals surface area contributed by atoms with E-state index in [2.05, 4.69) is 34.9 Å². The molecule has 1 N–H and O–H groups in total. The molecule has 19 heavy (non-hydrogen) atoms. The highest BCUT2D eigenvalue weighted by atomic mass is 16.2. The first-order chi connectivity index (χ1) is 9.33. The van der Waals surface area contributed by atoms with Crippen LogP contribution < -0.4 is 0 Å². The van der Waals surface area contributed by atoms with Gasteiger partial charge < -0.3 is 5.11 Å². The summed E-state index contributed by atoms with van der Waals surface area (Å²) in [7, 11) is 0. The quantitative estimate of drug-likeness (QED) is 0.816. The Balaban J connectivity index is 2.02. The van der Waals surface area contributed by atoms with Gasteiger partial charge >= 0.3 is 0 Å². The van der Waals surface area contributed by atoms with Gasteiger partial charge in [-0.05, 0) is 30.5 Å². The lowest BCUT2D eigenvalue weighted by Crippen LogP contribution is -2.26. The maximum absolute atomic E-state index is 8.71. The largest absolute Gasteiger partial charge is 0.384 e. The van der Waals surface area contributed by atoms with Gasteiger partial charge in [-0.25, -0.2) is 0 Å². The topological polar surface area (TPSA) is 47.3 Å². The lowest BCUT2D eigenvalue weighted by Gasteiger charge is -2.20. The molecule has 2 rings (SSSR count). The van der Waals surface area contributed by atoms with Crippen LogP contribution in [0.2, 0.25) is 0 Å². The first kappa shape index (κ1) is 13.6. The second-order valence-corrected chi connectivity index (χ2v) is 4.77. The summed E-state index contributed by atoms with van der Waals surface area (Å²) in [5.41, 5.74) is 2.15. The molecule has 0 unspecified atom stereocenters. The number of hydrogen-bond acceptors (Lipinski definition) is 3. The summed E-state index contributed by atoms with van der Waals surface area (Å²) in [6, 6.07) is 11.0. The van der Waals surface area contributed by atoms with Gasteiger partial charge in [-0.15, -0.1) is 0 Å². The predicted octanol–water partition coefficient (Wildman–Crippen LogP) is 1.91. The number of nitriles is 1. The molecular formula is C16H18N2O. The summed E-state index contributed by atoms with van der Waals surface area (Å²) in [6.45, 7) is 1.61. The Hall–Kier alpha value is -1.81. The molecule has 0 atom stereocenters. The zero-order valence-electron chi connectivity index (χ0n) is 11.0. The number of hydrogen-bond donors (Lipinski definition) is 1. The van der Waals surface area contributed by atoms with Crippen molar-refractivity contribution in [3.8, 4) is 17.9 Å². The molecule has 1 aliphatic rings. The second kappa shape index (κ2) is 6.95. The molecule has 3 heteroatoms. The van der Waals surface area contributed by atoms with Crippen molar-refractivity contribution < 1.29 is 5.11 Å². The Kier molecular flexibility index (Phi) is 4.98. The van der Waals surface area contributed by atoms with Crippen molar-refractivity contribution >= 4 is 0 Å². The van der Waals surface area contributed by atoms with Crippen LogP contribution in [-0.4, -0.2) is 29.2 Å². The van der Waals surface area contributed by atoms with Gasteiger partial charge in [0.2, 0.25) is 0 Å². The third-order valence-corrected chi connectivity index (χ3v) is 3.20. The minimum absolute atomic E-state index is 0.111. The summed E-state index contributed by atoms with van der Waals surface area (Å²) in [6.07, 6.45) is 3.07. The monoisotopic (exact) mass is 254 g/mol. The van der Waals surface area contributed by atoms with Crippen molar-refractivity contribution in [2.75, 3.05) is 13.2 Å². The van der Waals surface area contributed by atoms with Crippen molar-refractivity contribution in [3.63, 3.8) is 0 Å². The molecule has 0 amide bonds. The Labute approximate surface area is 114 Å². The van der Waals surface area contributed by atoms with Crippen LogP contribution in [0.15, 0.2) is 24.3 Å². The molecule has 3 nitrogen and oxygen atoms in total. The van der Waals surface area contributed by atoms with Crippen molar-refractivity contribution in [1.29, 1.82) is 5.26 Å². The summed E-state index contributed by atoms with van der Waals surface area (Å²) < 4.78 is 0. The molecule has 1 saturated carbocycles. The number of aliphatic hydroxyl groups is 1. The van der Waals surface area contributed by atoms with Crippen LogP contribution in [0.3, 0.4) is 0 Å². The fourth-order valence-electron chi connectivity index (χ4n) is 2.15. The molecule has 98 valence electrons. The summed E-state index contributed by atoms with van der Waals surface area (Å²) in [4.78, 5) is 2.38. The number of benzene rings is 1. The normalized spacial score (nSPS) is 13.7. The average molecular weight is 254 g/mol. The van der Waals surface area contributed by atoms with Gasteiger partial charge in [0.15, 0.2) is 0 Å². The van der Waals surface area contributed by atoms with E-state index in [4.69, 9.17) is 10.4 Å². The number of aliphatic hydroxyl groups excluding tert-OH is 1. The lowest BCUT2D eigenvalue weighted by molar-refractivity contribution is 0.261. The molecule has 0 radical (unpaired) electrons. The minimum Gasteiger partial charge on any atom is -0.384 e. The molecule has 1 aromatic carbocycles. The fourth-order valence-corrected chi connectivity index (χ4v) is 2.15. The molecule has 0 bridgehead atoms. The van der Waals surface area contributed by atoms with Crippen LogP contribution in [0.5, 0.6) is 0 Å². The van der Waals surface area contributed by atoms with Crippen LogP contribution in [-0.2, 0) is 6.54 Å². The Morgan fingerprint density at radius 3 is 2.89 bits per heavy atom. The van der Waals surface area contributed by atoms with E-state index < -0.39 is 0 Å². The Bertz CT molecular complexity index is 518. The average Bonchev–Trinajstić information content (AvgIpc) is 3.26. The number of rotatable bonds is 5. The summed E-state index contributed by atoms with van der Waals surface area (Å²) in [5, 5.41) is 17.4. The maximum atomic E-state index is 8.71. The highest BCUT2D eigenvalue weighted by Gasteiger charge is 2.28. The van der Waals surface area contributed by atoms with Gasteiger partial charge in [-0.1, -0.05) is 24.0 Å². The van der Waals surface area contributed by atoms with Gasteiger partial charge in [0, 0.05) is 31.1 Å². The highest BCUT2D eigenvalue weighted by molar-refractivity contribution is 5.37. The smallest absolute Gasteiger partial charge is 0.104 e. The fraction of sp³-hybridized carbons (Fsp3) is 0.438. The van der Waals surface area contributed by atoms with E-state index >= 15 is 0 Å². The first-order valence-electron chi connectivity index (χ1n) is 6.63. The van der Waals surface area contributed by atoms with E-state index in [1.165, 1.54) is 18.4 Å². The number of nitrogens with zero attached hydrogens (tertiary/aromatic N) is 2. The SMILES string of the molecule is N#CCCN(Cc1cccc(C#CCO)c1)C1CC1. The third kappa shape index (κ3) is 4.41. The first-order valence-corrected chi connectivity index (χ1v) is 6.63. The van der Waals surface area contributed by atoms with Gasteiger partial charge in [0.05, 0.1) is 6.07 Å². The molecule has 0 saturated heterocycles. The summed E-state index contributed by atoms with van der Waals surface area (Å²) >= 11 is 0. The molecule has 0 spiro atoms. The van der Waals surface area contributed by atoms with Crippen molar-refractivity contribution in [1.82, 2.24) is 4.90 Å². The molecule has 0 heterocycles. The molecule has 0 aliphatic heterocycles. The second-order valence-electron chi connectivity index (χ2n) is 4.77. The molecule has 1 aromatic rings. The predicted molar refractivity (Wildman–Crippen MR) is 74.1 cm³/mol. The van der Waals surface area contributed by atoms with E-state index in [9.17, 15) is 0 Å². The molecule has 0 aromatic heterocycles. The maximum Gasteiger partial charge on any atom is 0.104 e. The van der Waals surface area contributed by atoms with E-state index in [1.807, 2.05) is 12.1 Å². The van der Waals surface area contributed by atoms with Gasteiger partial charge in [-0.3, -0.25) is 4.90 Å². The molecular weight excluding hydrogens is 236 g/mol. The Morgan fingerprint density at radius 1 is 1.37 bits per heavy atom.